The van der Waals surface area contributed by atoms with Crippen molar-refractivity contribution in [3.63, 3.8) is 0 Å². The molecule has 0 saturated heterocycles. The van der Waals surface area contributed by atoms with Crippen molar-refractivity contribution in [3.8, 4) is 6.07 Å². The van der Waals surface area contributed by atoms with Gasteiger partial charge in [-0.3, -0.25) is 0 Å². The number of hydrogen-bond acceptors (Lipinski definition) is 2. The van der Waals surface area contributed by atoms with Gasteiger partial charge in [0.15, 0.2) is 0 Å². The molecular formula is C11H8ClN3. The van der Waals surface area contributed by atoms with Crippen molar-refractivity contribution in [1.29, 1.82) is 5.26 Å². The van der Waals surface area contributed by atoms with Crippen molar-refractivity contribution in [1.82, 2.24) is 9.97 Å². The summed E-state index contributed by atoms with van der Waals surface area (Å²) in [5.74, 6) is 0. The van der Waals surface area contributed by atoms with E-state index in [-0.39, 0.29) is 0 Å². The van der Waals surface area contributed by atoms with Crippen molar-refractivity contribution in [2.24, 2.45) is 0 Å². The third-order valence-corrected chi connectivity index (χ3v) is 2.37. The van der Waals surface area contributed by atoms with Gasteiger partial charge in [-0.1, -0.05) is 23.8 Å². The van der Waals surface area contributed by atoms with Crippen LogP contribution in [0.5, 0.6) is 0 Å². The van der Waals surface area contributed by atoms with Gasteiger partial charge in [0.1, 0.15) is 5.65 Å². The Morgan fingerprint density at radius 2 is 2.47 bits per heavy atom. The van der Waals surface area contributed by atoms with Crippen LogP contribution in [0.1, 0.15) is 12.0 Å². The van der Waals surface area contributed by atoms with E-state index in [2.05, 4.69) is 9.97 Å². The molecule has 1 N–H and O–H groups in total. The molecule has 0 spiro atoms. The Balaban J connectivity index is 2.49. The van der Waals surface area contributed by atoms with E-state index in [1.165, 1.54) is 0 Å². The number of halogens is 1. The van der Waals surface area contributed by atoms with Crippen molar-refractivity contribution in [3.05, 3.63) is 35.1 Å². The van der Waals surface area contributed by atoms with Crippen LogP contribution in [0, 0.1) is 11.3 Å². The van der Waals surface area contributed by atoms with Crippen LogP contribution in [0.25, 0.3) is 17.1 Å². The molecule has 3 nitrogen and oxygen atoms in total. The zero-order valence-electron chi connectivity index (χ0n) is 7.87. The summed E-state index contributed by atoms with van der Waals surface area (Å²) in [5, 5.41) is 9.98. The Hall–Kier alpha value is -1.79. The normalized spacial score (nSPS) is 10.9. The maximum Gasteiger partial charge on any atom is 0.139 e. The van der Waals surface area contributed by atoms with Gasteiger partial charge >= 0.3 is 0 Å². The number of pyridine rings is 1. The van der Waals surface area contributed by atoms with Crippen LogP contribution in [-0.2, 0) is 0 Å². The summed E-state index contributed by atoms with van der Waals surface area (Å²) < 4.78 is 0. The van der Waals surface area contributed by atoms with E-state index in [1.807, 2.05) is 18.3 Å². The highest BCUT2D eigenvalue weighted by molar-refractivity contribution is 6.35. The van der Waals surface area contributed by atoms with Crippen LogP contribution >= 0.6 is 11.6 Å². The third kappa shape index (κ3) is 1.85. The lowest BCUT2D eigenvalue weighted by Crippen LogP contribution is -1.76. The van der Waals surface area contributed by atoms with Crippen molar-refractivity contribution < 1.29 is 0 Å². The van der Waals surface area contributed by atoms with Crippen LogP contribution in [-0.4, -0.2) is 9.97 Å². The monoisotopic (exact) mass is 217 g/mol. The molecule has 2 aromatic heterocycles. The number of fused-ring (bicyclic) bond motifs is 1. The summed E-state index contributed by atoms with van der Waals surface area (Å²) in [5.41, 5.74) is 1.72. The molecule has 0 aliphatic heterocycles. The van der Waals surface area contributed by atoms with E-state index in [1.54, 1.807) is 18.3 Å². The second-order valence-corrected chi connectivity index (χ2v) is 3.43. The molecule has 0 unspecified atom stereocenters. The quantitative estimate of drug-likeness (QED) is 0.840. The Labute approximate surface area is 92.0 Å². The van der Waals surface area contributed by atoms with Crippen molar-refractivity contribution in [2.75, 3.05) is 0 Å². The summed E-state index contributed by atoms with van der Waals surface area (Å²) in [4.78, 5) is 7.18. The Kier molecular flexibility index (Phi) is 2.70. The van der Waals surface area contributed by atoms with Crippen molar-refractivity contribution in [2.45, 2.75) is 6.42 Å². The Bertz CT molecular complexity index is 548. The molecule has 0 aliphatic carbocycles. The number of aromatic amines is 1. The number of nitriles is 1. The van der Waals surface area contributed by atoms with E-state index < -0.39 is 0 Å². The lowest BCUT2D eigenvalue weighted by molar-refractivity contribution is 1.32. The zero-order chi connectivity index (χ0) is 10.7. The largest absolute Gasteiger partial charge is 0.345 e. The molecule has 2 rings (SSSR count). The first-order chi connectivity index (χ1) is 7.33. The smallest absolute Gasteiger partial charge is 0.139 e. The minimum Gasteiger partial charge on any atom is -0.345 e. The molecule has 2 aromatic rings. The molecule has 0 saturated carbocycles. The summed E-state index contributed by atoms with van der Waals surface area (Å²) in [6.07, 6.45) is 7.55. The molecule has 0 amide bonds. The highest BCUT2D eigenvalue weighted by Crippen LogP contribution is 2.25. The number of allylic oxidation sites excluding steroid dienone is 1. The van der Waals surface area contributed by atoms with Gasteiger partial charge in [-0.15, -0.1) is 0 Å². The van der Waals surface area contributed by atoms with Gasteiger partial charge in [-0.05, 0) is 6.07 Å². The summed E-state index contributed by atoms with van der Waals surface area (Å²) in [7, 11) is 0. The second kappa shape index (κ2) is 4.16. The molecule has 15 heavy (non-hydrogen) atoms. The van der Waals surface area contributed by atoms with Gasteiger partial charge in [0.25, 0.3) is 0 Å². The molecule has 0 aromatic carbocycles. The molecule has 0 radical (unpaired) electrons. The highest BCUT2D eigenvalue weighted by Gasteiger charge is 2.05. The molecule has 4 heteroatoms. The lowest BCUT2D eigenvalue weighted by atomic mass is 10.2. The van der Waals surface area contributed by atoms with Crippen LogP contribution < -0.4 is 0 Å². The van der Waals surface area contributed by atoms with Crippen LogP contribution in [0.4, 0.5) is 0 Å². The summed E-state index contributed by atoms with van der Waals surface area (Å²) in [6, 6.07) is 3.80. The molecule has 74 valence electrons. The molecular weight excluding hydrogens is 210 g/mol. The number of H-pyrrole nitrogens is 1. The van der Waals surface area contributed by atoms with E-state index in [0.717, 1.165) is 16.6 Å². The fourth-order valence-corrected chi connectivity index (χ4v) is 1.67. The number of hydrogen-bond donors (Lipinski definition) is 1. The minimum absolute atomic E-state index is 0.393. The maximum absolute atomic E-state index is 8.42. The van der Waals surface area contributed by atoms with Crippen LogP contribution in [0.3, 0.4) is 0 Å². The fourth-order valence-electron chi connectivity index (χ4n) is 1.41. The molecule has 0 atom stereocenters. The number of rotatable bonds is 2. The van der Waals surface area contributed by atoms with Gasteiger partial charge in [-0.2, -0.15) is 5.26 Å². The molecule has 0 bridgehead atoms. The SMILES string of the molecule is N#CCC=Cc1c[nH]c2nccc(Cl)c12. The molecule has 0 aliphatic rings. The first-order valence-corrected chi connectivity index (χ1v) is 4.86. The number of aromatic nitrogens is 2. The van der Waals surface area contributed by atoms with Gasteiger partial charge in [0, 0.05) is 23.3 Å². The summed E-state index contributed by atoms with van der Waals surface area (Å²) >= 11 is 6.06. The number of nitrogens with zero attached hydrogens (tertiary/aromatic N) is 2. The third-order valence-electron chi connectivity index (χ3n) is 2.06. The van der Waals surface area contributed by atoms with Crippen LogP contribution in [0.2, 0.25) is 5.02 Å². The highest BCUT2D eigenvalue weighted by atomic mass is 35.5. The van der Waals surface area contributed by atoms with Gasteiger partial charge in [0.05, 0.1) is 17.5 Å². The maximum atomic E-state index is 8.42. The van der Waals surface area contributed by atoms with E-state index in [4.69, 9.17) is 16.9 Å². The minimum atomic E-state index is 0.393. The van der Waals surface area contributed by atoms with Gasteiger partial charge in [0.2, 0.25) is 0 Å². The van der Waals surface area contributed by atoms with E-state index in [9.17, 15) is 0 Å². The van der Waals surface area contributed by atoms with Crippen LogP contribution in [0.15, 0.2) is 24.5 Å². The first-order valence-electron chi connectivity index (χ1n) is 4.48. The molecule has 2 heterocycles. The molecule has 0 fully saturated rings. The standard InChI is InChI=1S/C11H8ClN3/c12-9-4-6-14-11-10(9)8(7-15-11)3-1-2-5-13/h1,3-4,6-7H,2H2,(H,14,15). The average Bonchev–Trinajstić information content (AvgIpc) is 2.63. The lowest BCUT2D eigenvalue weighted by Gasteiger charge is -1.93. The number of nitrogens with one attached hydrogen (secondary N) is 1. The Morgan fingerprint density at radius 1 is 1.60 bits per heavy atom. The topological polar surface area (TPSA) is 52.5 Å². The van der Waals surface area contributed by atoms with Crippen molar-refractivity contribution >= 4 is 28.7 Å². The van der Waals surface area contributed by atoms with E-state index >= 15 is 0 Å². The predicted octanol–water partition coefficient (Wildman–Crippen LogP) is 3.14. The fraction of sp³-hybridized carbons (Fsp3) is 0.0909. The average molecular weight is 218 g/mol. The predicted molar refractivity (Wildman–Crippen MR) is 60.4 cm³/mol. The zero-order valence-corrected chi connectivity index (χ0v) is 8.62. The summed E-state index contributed by atoms with van der Waals surface area (Å²) in [6.45, 7) is 0. The van der Waals surface area contributed by atoms with E-state index in [0.29, 0.717) is 11.4 Å². The van der Waals surface area contributed by atoms with Gasteiger partial charge in [-0.25, -0.2) is 4.98 Å². The first kappa shape index (κ1) is 9.75. The Morgan fingerprint density at radius 3 is 3.27 bits per heavy atom. The van der Waals surface area contributed by atoms with Gasteiger partial charge < -0.3 is 4.98 Å². The second-order valence-electron chi connectivity index (χ2n) is 3.03.